The van der Waals surface area contributed by atoms with E-state index in [9.17, 15) is 13.6 Å². The van der Waals surface area contributed by atoms with Gasteiger partial charge in [0.05, 0.1) is 6.10 Å². The molecule has 3 nitrogen and oxygen atoms in total. The molecule has 110 valence electrons. The van der Waals surface area contributed by atoms with Crippen molar-refractivity contribution in [3.63, 3.8) is 0 Å². The molecule has 2 rings (SSSR count). The molecular weight excluding hydrogens is 264 g/mol. The molecule has 0 saturated carbocycles. The monoisotopic (exact) mass is 283 g/mol. The van der Waals surface area contributed by atoms with E-state index in [0.717, 1.165) is 44.4 Å². The van der Waals surface area contributed by atoms with Gasteiger partial charge in [0.2, 0.25) is 0 Å². The minimum absolute atomic E-state index is 0.147. The molecule has 1 aliphatic rings. The van der Waals surface area contributed by atoms with Gasteiger partial charge in [-0.3, -0.25) is 4.79 Å². The molecule has 1 aromatic rings. The van der Waals surface area contributed by atoms with Crippen LogP contribution in [0, 0.1) is 11.6 Å². The van der Waals surface area contributed by atoms with Crippen LogP contribution in [-0.2, 0) is 4.74 Å². The molecule has 1 N–H and O–H groups in total. The van der Waals surface area contributed by atoms with Gasteiger partial charge in [0.1, 0.15) is 17.2 Å². The lowest BCUT2D eigenvalue weighted by Gasteiger charge is -2.16. The number of hydrogen-bond donors (Lipinski definition) is 1. The van der Waals surface area contributed by atoms with Crippen LogP contribution in [0.15, 0.2) is 18.2 Å². The van der Waals surface area contributed by atoms with Crippen LogP contribution in [-0.4, -0.2) is 24.7 Å². The van der Waals surface area contributed by atoms with Crippen molar-refractivity contribution in [2.24, 2.45) is 0 Å². The molecule has 1 aliphatic heterocycles. The number of ether oxygens (including phenoxy) is 1. The number of carbonyl (C=O) groups excluding carboxylic acids is 1. The van der Waals surface area contributed by atoms with E-state index in [1.165, 1.54) is 6.07 Å². The molecule has 1 aromatic carbocycles. The van der Waals surface area contributed by atoms with E-state index < -0.39 is 23.1 Å². The summed E-state index contributed by atoms with van der Waals surface area (Å²) in [5.74, 6) is -2.39. The second-order valence-corrected chi connectivity index (χ2v) is 5.18. The summed E-state index contributed by atoms with van der Waals surface area (Å²) in [5.41, 5.74) is -0.517. The Kier molecular flexibility index (Phi) is 5.06. The molecule has 0 aromatic heterocycles. The van der Waals surface area contributed by atoms with E-state index in [1.807, 2.05) is 6.92 Å². The first-order valence-electron chi connectivity index (χ1n) is 6.94. The molecule has 1 saturated heterocycles. The predicted molar refractivity (Wildman–Crippen MR) is 71.5 cm³/mol. The molecule has 1 amide bonds. The first-order chi connectivity index (χ1) is 9.58. The van der Waals surface area contributed by atoms with Gasteiger partial charge in [-0.05, 0) is 44.7 Å². The molecule has 0 unspecified atom stereocenters. The largest absolute Gasteiger partial charge is 0.378 e. The molecule has 0 bridgehead atoms. The van der Waals surface area contributed by atoms with Crippen LogP contribution >= 0.6 is 0 Å². The summed E-state index contributed by atoms with van der Waals surface area (Å²) in [7, 11) is 0. The van der Waals surface area contributed by atoms with Gasteiger partial charge in [-0.25, -0.2) is 8.78 Å². The van der Waals surface area contributed by atoms with E-state index >= 15 is 0 Å². The highest BCUT2D eigenvalue weighted by Gasteiger charge is 2.20. The van der Waals surface area contributed by atoms with E-state index in [2.05, 4.69) is 5.32 Å². The summed E-state index contributed by atoms with van der Waals surface area (Å²) in [6, 6.07) is 3.25. The van der Waals surface area contributed by atoms with E-state index in [-0.39, 0.29) is 12.1 Å². The van der Waals surface area contributed by atoms with Gasteiger partial charge in [0.15, 0.2) is 0 Å². The zero-order chi connectivity index (χ0) is 14.5. The molecule has 2 atom stereocenters. The highest BCUT2D eigenvalue weighted by Crippen LogP contribution is 2.18. The van der Waals surface area contributed by atoms with Crippen molar-refractivity contribution in [3.8, 4) is 0 Å². The van der Waals surface area contributed by atoms with E-state index in [1.54, 1.807) is 0 Å². The van der Waals surface area contributed by atoms with Crippen LogP contribution in [0.4, 0.5) is 8.78 Å². The Balaban J connectivity index is 1.87. The first kappa shape index (κ1) is 14.9. The Hall–Kier alpha value is -1.49. The molecule has 5 heteroatoms. The average Bonchev–Trinajstić information content (AvgIpc) is 2.89. The predicted octanol–water partition coefficient (Wildman–Crippen LogP) is 3.04. The normalized spacial score (nSPS) is 19.9. The zero-order valence-corrected chi connectivity index (χ0v) is 11.5. The minimum Gasteiger partial charge on any atom is -0.378 e. The zero-order valence-electron chi connectivity index (χ0n) is 11.5. The van der Waals surface area contributed by atoms with Crippen LogP contribution < -0.4 is 5.32 Å². The van der Waals surface area contributed by atoms with Crippen LogP contribution in [0.3, 0.4) is 0 Å². The fraction of sp³-hybridized carbons (Fsp3) is 0.533. The van der Waals surface area contributed by atoms with E-state index in [0.29, 0.717) is 0 Å². The van der Waals surface area contributed by atoms with Crippen LogP contribution in [0.2, 0.25) is 0 Å². The number of benzene rings is 1. The van der Waals surface area contributed by atoms with Gasteiger partial charge in [-0.15, -0.1) is 0 Å². The number of hydrogen-bond acceptors (Lipinski definition) is 2. The van der Waals surface area contributed by atoms with Crippen LogP contribution in [0.1, 0.15) is 43.0 Å². The van der Waals surface area contributed by atoms with Crippen molar-refractivity contribution in [2.75, 3.05) is 6.61 Å². The molecule has 0 spiro atoms. The Morgan fingerprint density at radius 3 is 2.75 bits per heavy atom. The highest BCUT2D eigenvalue weighted by molar-refractivity contribution is 5.94. The van der Waals surface area contributed by atoms with Crippen molar-refractivity contribution in [2.45, 2.75) is 44.8 Å². The Morgan fingerprint density at radius 1 is 1.45 bits per heavy atom. The van der Waals surface area contributed by atoms with E-state index in [4.69, 9.17) is 4.74 Å². The summed E-state index contributed by atoms with van der Waals surface area (Å²) in [4.78, 5) is 11.9. The van der Waals surface area contributed by atoms with Gasteiger partial charge in [0, 0.05) is 12.6 Å². The molecule has 1 heterocycles. The maximum atomic E-state index is 13.5. The SMILES string of the molecule is C[C@H](CC[C@@H]1CCCO1)NC(=O)c1c(F)cccc1F. The number of amides is 1. The third kappa shape index (κ3) is 3.76. The van der Waals surface area contributed by atoms with Crippen LogP contribution in [0.25, 0.3) is 0 Å². The van der Waals surface area contributed by atoms with Gasteiger partial charge in [-0.1, -0.05) is 6.07 Å². The minimum atomic E-state index is -0.839. The fourth-order valence-corrected chi connectivity index (χ4v) is 2.39. The van der Waals surface area contributed by atoms with Gasteiger partial charge in [-0.2, -0.15) is 0 Å². The maximum Gasteiger partial charge on any atom is 0.257 e. The third-order valence-corrected chi connectivity index (χ3v) is 3.51. The Labute approximate surface area is 117 Å². The quantitative estimate of drug-likeness (QED) is 0.902. The Morgan fingerprint density at radius 2 is 2.15 bits per heavy atom. The van der Waals surface area contributed by atoms with Gasteiger partial charge in [0.25, 0.3) is 5.91 Å². The van der Waals surface area contributed by atoms with Gasteiger partial charge < -0.3 is 10.1 Å². The number of rotatable bonds is 5. The summed E-state index contributed by atoms with van der Waals surface area (Å²) < 4.78 is 32.4. The fourth-order valence-electron chi connectivity index (χ4n) is 2.39. The Bertz CT molecular complexity index is 453. The van der Waals surface area contributed by atoms with Crippen molar-refractivity contribution >= 4 is 5.91 Å². The topological polar surface area (TPSA) is 38.3 Å². The second kappa shape index (κ2) is 6.79. The number of nitrogens with one attached hydrogen (secondary N) is 1. The average molecular weight is 283 g/mol. The van der Waals surface area contributed by atoms with Crippen molar-refractivity contribution < 1.29 is 18.3 Å². The van der Waals surface area contributed by atoms with Crippen LogP contribution in [0.5, 0.6) is 0 Å². The number of carbonyl (C=O) groups is 1. The lowest BCUT2D eigenvalue weighted by atomic mass is 10.1. The number of halogens is 2. The standard InChI is InChI=1S/C15H19F2NO2/c1-10(7-8-11-4-3-9-20-11)18-15(19)14-12(16)5-2-6-13(14)17/h2,5-6,10-11H,3-4,7-9H2,1H3,(H,18,19)/t10-,11+/m1/s1. The third-order valence-electron chi connectivity index (χ3n) is 3.51. The molecule has 0 aliphatic carbocycles. The van der Waals surface area contributed by atoms with Crippen molar-refractivity contribution in [3.05, 3.63) is 35.4 Å². The summed E-state index contributed by atoms with van der Waals surface area (Å²) >= 11 is 0. The highest BCUT2D eigenvalue weighted by atomic mass is 19.1. The second-order valence-electron chi connectivity index (χ2n) is 5.18. The summed E-state index contributed by atoms with van der Waals surface area (Å²) in [6.07, 6.45) is 3.95. The first-order valence-corrected chi connectivity index (χ1v) is 6.94. The lowest BCUT2D eigenvalue weighted by molar-refractivity contribution is 0.0892. The van der Waals surface area contributed by atoms with Crippen molar-refractivity contribution in [1.29, 1.82) is 0 Å². The molecule has 1 fully saturated rings. The molecule has 0 radical (unpaired) electrons. The van der Waals surface area contributed by atoms with Crippen molar-refractivity contribution in [1.82, 2.24) is 5.32 Å². The summed E-state index contributed by atoms with van der Waals surface area (Å²) in [5, 5.41) is 2.63. The molecular formula is C15H19F2NO2. The smallest absolute Gasteiger partial charge is 0.257 e. The molecule has 20 heavy (non-hydrogen) atoms. The summed E-state index contributed by atoms with van der Waals surface area (Å²) in [6.45, 7) is 2.62. The maximum absolute atomic E-state index is 13.5. The lowest BCUT2D eigenvalue weighted by Crippen LogP contribution is -2.34. The van der Waals surface area contributed by atoms with Gasteiger partial charge >= 0.3 is 0 Å².